The predicted octanol–water partition coefficient (Wildman–Crippen LogP) is 3.45. The van der Waals surface area contributed by atoms with E-state index in [2.05, 4.69) is 17.2 Å². The molecule has 0 radical (unpaired) electrons. The van der Waals surface area contributed by atoms with Gasteiger partial charge in [0.15, 0.2) is 0 Å². The molecule has 0 atom stereocenters. The molecule has 0 aliphatic heterocycles. The minimum absolute atomic E-state index is 0.213. The van der Waals surface area contributed by atoms with Gasteiger partial charge in [0, 0.05) is 23.2 Å². The molecule has 0 bridgehead atoms. The van der Waals surface area contributed by atoms with Crippen LogP contribution in [0.1, 0.15) is 18.2 Å². The minimum atomic E-state index is -0.213. The van der Waals surface area contributed by atoms with E-state index in [0.717, 1.165) is 29.4 Å². The lowest BCUT2D eigenvalue weighted by molar-refractivity contribution is 0.631. The Morgan fingerprint density at radius 1 is 1.35 bits per heavy atom. The normalized spacial score (nSPS) is 10.7. The Morgan fingerprint density at radius 3 is 2.94 bits per heavy atom. The maximum atomic E-state index is 13.5. The number of nitrogens with zero attached hydrogens (tertiary/aromatic N) is 1. The molecule has 0 aliphatic rings. The van der Waals surface area contributed by atoms with Crippen LogP contribution in [0.3, 0.4) is 0 Å². The summed E-state index contributed by atoms with van der Waals surface area (Å²) in [7, 11) is 0. The minimum Gasteiger partial charge on any atom is -0.312 e. The number of benzene rings is 1. The lowest BCUT2D eigenvalue weighted by Crippen LogP contribution is -2.12. The number of nitrogens with one attached hydrogen (secondary N) is 1. The van der Waals surface area contributed by atoms with Crippen LogP contribution in [-0.2, 0) is 6.54 Å². The third-order valence-electron chi connectivity index (χ3n) is 2.38. The molecular weight excluding hydrogens is 235 g/mol. The van der Waals surface area contributed by atoms with Crippen LogP contribution in [0.2, 0.25) is 0 Å². The fourth-order valence-corrected chi connectivity index (χ4v) is 2.45. The Kier molecular flexibility index (Phi) is 4.23. The Morgan fingerprint density at radius 2 is 2.18 bits per heavy atom. The van der Waals surface area contributed by atoms with Gasteiger partial charge >= 0.3 is 0 Å². The van der Waals surface area contributed by atoms with Gasteiger partial charge in [0.05, 0.1) is 0 Å². The molecule has 17 heavy (non-hydrogen) atoms. The maximum Gasteiger partial charge on any atom is 0.133 e. The quantitative estimate of drug-likeness (QED) is 0.822. The van der Waals surface area contributed by atoms with Gasteiger partial charge in [-0.2, -0.15) is 0 Å². The summed E-state index contributed by atoms with van der Waals surface area (Å²) in [5.41, 5.74) is 0.583. The molecule has 0 amide bonds. The molecule has 2 rings (SSSR count). The Labute approximate surface area is 105 Å². The van der Waals surface area contributed by atoms with Gasteiger partial charge in [0.1, 0.15) is 10.8 Å². The van der Waals surface area contributed by atoms with E-state index in [4.69, 9.17) is 0 Å². The van der Waals surface area contributed by atoms with Crippen LogP contribution >= 0.6 is 11.3 Å². The smallest absolute Gasteiger partial charge is 0.133 e. The molecule has 2 aromatic rings. The van der Waals surface area contributed by atoms with Crippen molar-refractivity contribution in [2.24, 2.45) is 0 Å². The summed E-state index contributed by atoms with van der Waals surface area (Å²) in [6.45, 7) is 3.93. The molecule has 90 valence electrons. The molecule has 1 heterocycles. The van der Waals surface area contributed by atoms with Crippen molar-refractivity contribution in [3.05, 3.63) is 41.2 Å². The molecule has 1 N–H and O–H groups in total. The topological polar surface area (TPSA) is 24.9 Å². The summed E-state index contributed by atoms with van der Waals surface area (Å²) in [5, 5.41) is 4.05. The first-order chi connectivity index (χ1) is 8.31. The highest BCUT2D eigenvalue weighted by atomic mass is 32.1. The van der Waals surface area contributed by atoms with Crippen molar-refractivity contribution in [2.45, 2.75) is 19.9 Å². The summed E-state index contributed by atoms with van der Waals surface area (Å²) in [4.78, 5) is 5.40. The molecule has 2 nitrogen and oxygen atoms in total. The number of aromatic nitrogens is 1. The van der Waals surface area contributed by atoms with Crippen LogP contribution in [0.4, 0.5) is 4.39 Å². The second-order valence-electron chi connectivity index (χ2n) is 3.79. The van der Waals surface area contributed by atoms with Gasteiger partial charge in [0.2, 0.25) is 0 Å². The zero-order valence-corrected chi connectivity index (χ0v) is 10.6. The highest BCUT2D eigenvalue weighted by Crippen LogP contribution is 2.27. The Hall–Kier alpha value is -1.26. The van der Waals surface area contributed by atoms with Crippen molar-refractivity contribution in [2.75, 3.05) is 6.54 Å². The van der Waals surface area contributed by atoms with Crippen molar-refractivity contribution >= 4 is 11.3 Å². The fourth-order valence-electron chi connectivity index (χ4n) is 1.54. The number of thiazole rings is 1. The molecule has 0 fully saturated rings. The first-order valence-electron chi connectivity index (χ1n) is 5.71. The first kappa shape index (κ1) is 12.2. The van der Waals surface area contributed by atoms with E-state index in [0.29, 0.717) is 5.56 Å². The van der Waals surface area contributed by atoms with Crippen molar-refractivity contribution in [1.29, 1.82) is 0 Å². The molecule has 0 aliphatic carbocycles. The summed E-state index contributed by atoms with van der Waals surface area (Å²) in [5.74, 6) is -0.213. The highest BCUT2D eigenvalue weighted by molar-refractivity contribution is 7.15. The van der Waals surface area contributed by atoms with Gasteiger partial charge in [-0.15, -0.1) is 11.3 Å². The molecule has 0 saturated heterocycles. The molecule has 0 spiro atoms. The number of rotatable bonds is 5. The van der Waals surface area contributed by atoms with Crippen molar-refractivity contribution in [3.8, 4) is 10.6 Å². The molecule has 1 aromatic heterocycles. The van der Waals surface area contributed by atoms with Crippen LogP contribution < -0.4 is 5.32 Å². The van der Waals surface area contributed by atoms with Crippen LogP contribution in [0.25, 0.3) is 10.6 Å². The second kappa shape index (κ2) is 5.89. The molecule has 1 aromatic carbocycles. The van der Waals surface area contributed by atoms with E-state index in [1.165, 1.54) is 17.4 Å². The molecule has 4 heteroatoms. The Balaban J connectivity index is 2.10. The molecule has 0 unspecified atom stereocenters. The van der Waals surface area contributed by atoms with Crippen LogP contribution in [-0.4, -0.2) is 11.5 Å². The van der Waals surface area contributed by atoms with E-state index >= 15 is 0 Å². The lowest BCUT2D eigenvalue weighted by atomic mass is 10.2. The van der Waals surface area contributed by atoms with Gasteiger partial charge in [-0.3, -0.25) is 0 Å². The third-order valence-corrected chi connectivity index (χ3v) is 3.41. The lowest BCUT2D eigenvalue weighted by Gasteiger charge is -1.99. The first-order valence-corrected chi connectivity index (χ1v) is 6.53. The number of hydrogen-bond donors (Lipinski definition) is 1. The van der Waals surface area contributed by atoms with Gasteiger partial charge in [0.25, 0.3) is 0 Å². The van der Waals surface area contributed by atoms with Crippen LogP contribution in [0.15, 0.2) is 30.5 Å². The summed E-state index contributed by atoms with van der Waals surface area (Å²) < 4.78 is 13.5. The predicted molar refractivity (Wildman–Crippen MR) is 69.5 cm³/mol. The SMILES string of the molecule is CCCNCc1cnc(-c2ccccc2F)s1. The van der Waals surface area contributed by atoms with E-state index < -0.39 is 0 Å². The van der Waals surface area contributed by atoms with Gasteiger partial charge in [-0.1, -0.05) is 19.1 Å². The maximum absolute atomic E-state index is 13.5. The molecule has 0 saturated carbocycles. The van der Waals surface area contributed by atoms with Crippen LogP contribution in [0, 0.1) is 5.82 Å². The average Bonchev–Trinajstić information content (AvgIpc) is 2.79. The third kappa shape index (κ3) is 3.11. The van der Waals surface area contributed by atoms with E-state index in [1.54, 1.807) is 12.1 Å². The Bertz CT molecular complexity index is 482. The zero-order chi connectivity index (χ0) is 12.1. The average molecular weight is 250 g/mol. The van der Waals surface area contributed by atoms with Crippen molar-refractivity contribution in [3.63, 3.8) is 0 Å². The zero-order valence-electron chi connectivity index (χ0n) is 9.74. The number of halogens is 1. The van der Waals surface area contributed by atoms with E-state index in [-0.39, 0.29) is 5.82 Å². The number of hydrogen-bond acceptors (Lipinski definition) is 3. The van der Waals surface area contributed by atoms with Gasteiger partial charge in [-0.05, 0) is 25.1 Å². The standard InChI is InChI=1S/C13H15FN2S/c1-2-7-15-8-10-9-16-13(17-10)11-5-3-4-6-12(11)14/h3-6,9,15H,2,7-8H2,1H3. The summed E-state index contributed by atoms with van der Waals surface area (Å²) >= 11 is 1.54. The van der Waals surface area contributed by atoms with E-state index in [9.17, 15) is 4.39 Å². The highest BCUT2D eigenvalue weighted by Gasteiger charge is 2.08. The summed E-state index contributed by atoms with van der Waals surface area (Å²) in [6.07, 6.45) is 2.92. The summed E-state index contributed by atoms with van der Waals surface area (Å²) in [6, 6.07) is 6.74. The van der Waals surface area contributed by atoms with Gasteiger partial charge in [-0.25, -0.2) is 9.37 Å². The fraction of sp³-hybridized carbons (Fsp3) is 0.308. The second-order valence-corrected chi connectivity index (χ2v) is 4.90. The van der Waals surface area contributed by atoms with Crippen molar-refractivity contribution in [1.82, 2.24) is 10.3 Å². The van der Waals surface area contributed by atoms with Crippen molar-refractivity contribution < 1.29 is 4.39 Å². The van der Waals surface area contributed by atoms with Gasteiger partial charge < -0.3 is 5.32 Å². The monoisotopic (exact) mass is 250 g/mol. The molecular formula is C13H15FN2S. The largest absolute Gasteiger partial charge is 0.312 e. The van der Waals surface area contributed by atoms with Crippen LogP contribution in [0.5, 0.6) is 0 Å². The van der Waals surface area contributed by atoms with E-state index in [1.807, 2.05) is 12.3 Å².